The maximum Gasteiger partial charge on any atom is 0.244 e. The molecule has 0 unspecified atom stereocenters. The Morgan fingerprint density at radius 1 is 1.14 bits per heavy atom. The van der Waals surface area contributed by atoms with Gasteiger partial charge in [0.2, 0.25) is 10.0 Å². The second-order valence-electron chi connectivity index (χ2n) is 5.28. The van der Waals surface area contributed by atoms with Crippen LogP contribution in [-0.2, 0) is 10.0 Å². The van der Waals surface area contributed by atoms with Crippen molar-refractivity contribution in [3.63, 3.8) is 0 Å². The smallest absolute Gasteiger partial charge is 0.244 e. The fraction of sp³-hybridized carbons (Fsp3) is 0.643. The van der Waals surface area contributed by atoms with E-state index >= 15 is 0 Å². The molecule has 0 aromatic carbocycles. The van der Waals surface area contributed by atoms with Crippen LogP contribution >= 0.6 is 0 Å². The third-order valence-corrected chi connectivity index (χ3v) is 5.66. The number of unbranched alkanes of at least 4 members (excludes halogenated alkanes) is 2. The van der Waals surface area contributed by atoms with E-state index in [1.807, 2.05) is 0 Å². The first kappa shape index (κ1) is 16.4. The van der Waals surface area contributed by atoms with Crippen LogP contribution in [0.3, 0.4) is 0 Å². The van der Waals surface area contributed by atoms with E-state index in [-0.39, 0.29) is 4.90 Å². The number of aromatic nitrogens is 1. The number of sulfonamides is 1. The van der Waals surface area contributed by atoms with Crippen molar-refractivity contribution >= 4 is 10.0 Å². The van der Waals surface area contributed by atoms with Gasteiger partial charge in [0.1, 0.15) is 4.90 Å². The second kappa shape index (κ2) is 7.84. The highest BCUT2D eigenvalue weighted by Crippen LogP contribution is 2.16. The lowest BCUT2D eigenvalue weighted by Crippen LogP contribution is -2.48. The monoisotopic (exact) mass is 312 g/mol. The van der Waals surface area contributed by atoms with Crippen LogP contribution in [0.5, 0.6) is 0 Å². The highest BCUT2D eigenvalue weighted by Gasteiger charge is 2.28. The van der Waals surface area contributed by atoms with Crippen molar-refractivity contribution in [2.75, 3.05) is 39.3 Å². The summed E-state index contributed by atoms with van der Waals surface area (Å²) in [5.41, 5.74) is 5.48. The number of pyridine rings is 1. The summed E-state index contributed by atoms with van der Waals surface area (Å²) in [6.07, 6.45) is 6.33. The number of hydrogen-bond acceptors (Lipinski definition) is 5. The van der Waals surface area contributed by atoms with Crippen molar-refractivity contribution < 1.29 is 8.42 Å². The molecule has 118 valence electrons. The largest absolute Gasteiger partial charge is 0.330 e. The van der Waals surface area contributed by atoms with Gasteiger partial charge in [0.25, 0.3) is 0 Å². The van der Waals surface area contributed by atoms with Gasteiger partial charge in [0.15, 0.2) is 0 Å². The zero-order valence-corrected chi connectivity index (χ0v) is 13.1. The van der Waals surface area contributed by atoms with Gasteiger partial charge in [-0.25, -0.2) is 8.42 Å². The van der Waals surface area contributed by atoms with Crippen molar-refractivity contribution in [1.82, 2.24) is 14.2 Å². The van der Waals surface area contributed by atoms with Crippen molar-refractivity contribution in [2.24, 2.45) is 5.73 Å². The quantitative estimate of drug-likeness (QED) is 0.742. The molecule has 0 atom stereocenters. The molecule has 0 amide bonds. The van der Waals surface area contributed by atoms with Crippen LogP contribution in [0, 0.1) is 0 Å². The van der Waals surface area contributed by atoms with E-state index in [4.69, 9.17) is 5.73 Å². The van der Waals surface area contributed by atoms with Crippen molar-refractivity contribution in [3.05, 3.63) is 24.5 Å². The van der Waals surface area contributed by atoms with E-state index < -0.39 is 10.0 Å². The molecule has 0 radical (unpaired) electrons. The number of nitrogens with zero attached hydrogens (tertiary/aromatic N) is 3. The summed E-state index contributed by atoms with van der Waals surface area (Å²) in [7, 11) is -3.39. The molecule has 0 bridgehead atoms. The predicted octanol–water partition coefficient (Wildman–Crippen LogP) is 0.517. The first-order chi connectivity index (χ1) is 10.1. The second-order valence-corrected chi connectivity index (χ2v) is 7.22. The lowest BCUT2D eigenvalue weighted by Gasteiger charge is -2.33. The van der Waals surface area contributed by atoms with E-state index in [1.54, 1.807) is 22.6 Å². The summed E-state index contributed by atoms with van der Waals surface area (Å²) in [5, 5.41) is 0. The minimum Gasteiger partial charge on any atom is -0.330 e. The van der Waals surface area contributed by atoms with Gasteiger partial charge in [-0.1, -0.05) is 6.42 Å². The third-order valence-electron chi connectivity index (χ3n) is 3.78. The Hall–Kier alpha value is -1.02. The van der Waals surface area contributed by atoms with Crippen LogP contribution in [0.15, 0.2) is 29.4 Å². The molecule has 1 aliphatic heterocycles. The van der Waals surface area contributed by atoms with Gasteiger partial charge in [-0.3, -0.25) is 4.98 Å². The molecule has 1 aliphatic rings. The molecule has 7 heteroatoms. The number of hydrogen-bond donors (Lipinski definition) is 1. The minimum atomic E-state index is -3.39. The number of nitrogens with two attached hydrogens (primary N) is 1. The molecule has 1 saturated heterocycles. The maximum atomic E-state index is 12.4. The summed E-state index contributed by atoms with van der Waals surface area (Å²) < 4.78 is 26.4. The third kappa shape index (κ3) is 4.47. The van der Waals surface area contributed by atoms with E-state index in [0.717, 1.165) is 45.4 Å². The Labute approximate surface area is 127 Å². The van der Waals surface area contributed by atoms with Gasteiger partial charge in [0, 0.05) is 38.6 Å². The van der Waals surface area contributed by atoms with Gasteiger partial charge >= 0.3 is 0 Å². The molecular weight excluding hydrogens is 288 g/mol. The zero-order chi connectivity index (χ0) is 15.1. The van der Waals surface area contributed by atoms with Crippen LogP contribution in [0.2, 0.25) is 0 Å². The standard InChI is InChI=1S/C14H24N4O2S/c15-6-2-1-3-8-17-9-11-18(12-10-17)21(19,20)14-5-4-7-16-13-14/h4-5,7,13H,1-3,6,8-12,15H2. The Balaban J connectivity index is 1.83. The van der Waals surface area contributed by atoms with Gasteiger partial charge in [-0.05, 0) is 38.1 Å². The number of piperazine rings is 1. The molecule has 1 aromatic heterocycles. The van der Waals surface area contributed by atoms with E-state index in [1.165, 1.54) is 6.20 Å². The maximum absolute atomic E-state index is 12.4. The first-order valence-corrected chi connectivity index (χ1v) is 8.91. The van der Waals surface area contributed by atoms with Gasteiger partial charge in [-0.15, -0.1) is 0 Å². The molecule has 2 N–H and O–H groups in total. The molecule has 2 heterocycles. The number of rotatable bonds is 7. The normalized spacial score (nSPS) is 18.0. The molecule has 21 heavy (non-hydrogen) atoms. The highest BCUT2D eigenvalue weighted by atomic mass is 32.2. The molecular formula is C14H24N4O2S. The summed E-state index contributed by atoms with van der Waals surface area (Å²) in [6.45, 7) is 4.46. The molecule has 0 aliphatic carbocycles. The van der Waals surface area contributed by atoms with Crippen LogP contribution in [0.25, 0.3) is 0 Å². The first-order valence-electron chi connectivity index (χ1n) is 7.47. The molecule has 0 saturated carbocycles. The van der Waals surface area contributed by atoms with Crippen LogP contribution in [0.4, 0.5) is 0 Å². The minimum absolute atomic E-state index is 0.279. The fourth-order valence-corrected chi connectivity index (χ4v) is 3.89. The molecule has 1 fully saturated rings. The van der Waals surface area contributed by atoms with Crippen LogP contribution in [0.1, 0.15) is 19.3 Å². The van der Waals surface area contributed by atoms with Crippen molar-refractivity contribution in [2.45, 2.75) is 24.2 Å². The van der Waals surface area contributed by atoms with Crippen molar-refractivity contribution in [1.29, 1.82) is 0 Å². The van der Waals surface area contributed by atoms with E-state index in [9.17, 15) is 8.42 Å². The van der Waals surface area contributed by atoms with Crippen LogP contribution in [-0.4, -0.2) is 61.9 Å². The zero-order valence-electron chi connectivity index (χ0n) is 12.3. The average molecular weight is 312 g/mol. The fourth-order valence-electron chi connectivity index (χ4n) is 2.50. The Morgan fingerprint density at radius 2 is 1.90 bits per heavy atom. The highest BCUT2D eigenvalue weighted by molar-refractivity contribution is 7.89. The van der Waals surface area contributed by atoms with Crippen LogP contribution < -0.4 is 5.73 Å². The SMILES string of the molecule is NCCCCCN1CCN(S(=O)(=O)c2cccnc2)CC1. The van der Waals surface area contributed by atoms with Gasteiger partial charge in [0.05, 0.1) is 0 Å². The summed E-state index contributed by atoms with van der Waals surface area (Å²) in [6, 6.07) is 3.25. The summed E-state index contributed by atoms with van der Waals surface area (Å²) in [4.78, 5) is 6.50. The van der Waals surface area contributed by atoms with E-state index in [2.05, 4.69) is 9.88 Å². The Kier molecular flexibility index (Phi) is 6.10. The molecule has 6 nitrogen and oxygen atoms in total. The van der Waals surface area contributed by atoms with Gasteiger partial charge in [-0.2, -0.15) is 4.31 Å². The van der Waals surface area contributed by atoms with Crippen molar-refractivity contribution in [3.8, 4) is 0 Å². The summed E-state index contributed by atoms with van der Waals surface area (Å²) in [5.74, 6) is 0. The Morgan fingerprint density at radius 3 is 2.52 bits per heavy atom. The summed E-state index contributed by atoms with van der Waals surface area (Å²) >= 11 is 0. The Bertz CT molecular complexity index is 513. The molecule has 1 aromatic rings. The lowest BCUT2D eigenvalue weighted by molar-refractivity contribution is 0.185. The van der Waals surface area contributed by atoms with E-state index in [0.29, 0.717) is 13.1 Å². The molecule has 0 spiro atoms. The topological polar surface area (TPSA) is 79.5 Å². The molecule has 2 rings (SSSR count). The average Bonchev–Trinajstić information content (AvgIpc) is 2.53. The lowest BCUT2D eigenvalue weighted by atomic mass is 10.2. The van der Waals surface area contributed by atoms with Gasteiger partial charge < -0.3 is 10.6 Å². The predicted molar refractivity (Wildman–Crippen MR) is 82.3 cm³/mol.